The van der Waals surface area contributed by atoms with Gasteiger partial charge in [0, 0.05) is 50.8 Å². The first-order chi connectivity index (χ1) is 22.5. The van der Waals surface area contributed by atoms with Crippen LogP contribution < -0.4 is 0 Å². The Hall–Kier alpha value is -5.87. The maximum Gasteiger partial charge on any atom is 0.161 e. The van der Waals surface area contributed by atoms with Crippen molar-refractivity contribution in [3.8, 4) is 56.2 Å². The van der Waals surface area contributed by atoms with Crippen molar-refractivity contribution in [1.29, 1.82) is 0 Å². The van der Waals surface area contributed by atoms with Crippen LogP contribution in [0.15, 0.2) is 144 Å². The van der Waals surface area contributed by atoms with Crippen molar-refractivity contribution in [3.05, 3.63) is 151 Å². The third-order valence-corrected chi connectivity index (χ3v) is 9.42. The summed E-state index contributed by atoms with van der Waals surface area (Å²) in [7, 11) is 0. The van der Waals surface area contributed by atoms with Gasteiger partial charge >= 0.3 is 0 Å². The predicted molar refractivity (Wildman–Crippen MR) is 186 cm³/mol. The summed E-state index contributed by atoms with van der Waals surface area (Å²) in [5, 5.41) is 2.17. The van der Waals surface area contributed by atoms with Crippen LogP contribution in [-0.2, 0) is 5.41 Å². The van der Waals surface area contributed by atoms with Crippen LogP contribution >= 0.6 is 0 Å². The molecule has 0 fully saturated rings. The molecule has 0 bridgehead atoms. The largest absolute Gasteiger partial charge is 0.456 e. The minimum absolute atomic E-state index is 0.110. The highest BCUT2D eigenvalue weighted by Crippen LogP contribution is 2.49. The van der Waals surface area contributed by atoms with E-state index in [-0.39, 0.29) is 5.41 Å². The summed E-state index contributed by atoms with van der Waals surface area (Å²) >= 11 is 0. The standard InChI is InChI=1S/C42H29N3O/c1-42(2)35-15-7-5-12-30(35)31-19-17-27(23-36(31)42)38-24-37(26-18-20-40-34(22-26)32-13-6-8-16-39(32)46-40)44-41(45-38)33-14-4-3-11-29(33)28-10-9-21-43-25-28/h3-25H,1-2H3. The van der Waals surface area contributed by atoms with Crippen molar-refractivity contribution in [2.75, 3.05) is 0 Å². The predicted octanol–water partition coefficient (Wildman–Crippen LogP) is 10.7. The van der Waals surface area contributed by atoms with Gasteiger partial charge in [0.15, 0.2) is 5.82 Å². The number of hydrogen-bond acceptors (Lipinski definition) is 4. The lowest BCUT2D eigenvalue weighted by molar-refractivity contribution is 0.660. The Morgan fingerprint density at radius 2 is 1.17 bits per heavy atom. The molecule has 8 aromatic rings. The summed E-state index contributed by atoms with van der Waals surface area (Å²) in [5.74, 6) is 0.673. The second-order valence-corrected chi connectivity index (χ2v) is 12.5. The van der Waals surface area contributed by atoms with Gasteiger partial charge in [-0.3, -0.25) is 4.98 Å². The fourth-order valence-electron chi connectivity index (χ4n) is 7.06. The molecule has 3 heterocycles. The Balaban J connectivity index is 1.27. The van der Waals surface area contributed by atoms with Gasteiger partial charge in [0.2, 0.25) is 0 Å². The van der Waals surface area contributed by atoms with E-state index in [1.54, 1.807) is 6.20 Å². The zero-order valence-corrected chi connectivity index (χ0v) is 25.5. The molecule has 3 aromatic heterocycles. The molecular weight excluding hydrogens is 562 g/mol. The molecule has 5 aromatic carbocycles. The number of para-hydroxylation sites is 1. The highest BCUT2D eigenvalue weighted by molar-refractivity contribution is 6.06. The Kier molecular flexibility index (Phi) is 5.81. The minimum Gasteiger partial charge on any atom is -0.456 e. The third-order valence-electron chi connectivity index (χ3n) is 9.42. The quantitative estimate of drug-likeness (QED) is 0.204. The smallest absolute Gasteiger partial charge is 0.161 e. The number of aromatic nitrogens is 3. The molecule has 0 radical (unpaired) electrons. The van der Waals surface area contributed by atoms with Gasteiger partial charge in [-0.15, -0.1) is 0 Å². The number of furan rings is 1. The van der Waals surface area contributed by atoms with Crippen molar-refractivity contribution < 1.29 is 4.42 Å². The van der Waals surface area contributed by atoms with Crippen molar-refractivity contribution in [3.63, 3.8) is 0 Å². The average molecular weight is 592 g/mol. The first kappa shape index (κ1) is 26.5. The molecule has 0 unspecified atom stereocenters. The Morgan fingerprint density at radius 3 is 2.00 bits per heavy atom. The van der Waals surface area contributed by atoms with Gasteiger partial charge in [0.05, 0.1) is 11.4 Å². The lowest BCUT2D eigenvalue weighted by atomic mass is 9.82. The number of pyridine rings is 1. The summed E-state index contributed by atoms with van der Waals surface area (Å²) in [4.78, 5) is 14.9. The van der Waals surface area contributed by atoms with Gasteiger partial charge in [-0.1, -0.05) is 98.8 Å². The van der Waals surface area contributed by atoms with Crippen LogP contribution in [0.5, 0.6) is 0 Å². The van der Waals surface area contributed by atoms with E-state index in [4.69, 9.17) is 14.4 Å². The summed E-state index contributed by atoms with van der Waals surface area (Å²) in [6.07, 6.45) is 3.69. The lowest BCUT2D eigenvalue weighted by Gasteiger charge is -2.22. The highest BCUT2D eigenvalue weighted by atomic mass is 16.3. The molecule has 0 atom stereocenters. The molecule has 0 N–H and O–H groups in total. The second-order valence-electron chi connectivity index (χ2n) is 12.5. The first-order valence-corrected chi connectivity index (χ1v) is 15.6. The highest BCUT2D eigenvalue weighted by Gasteiger charge is 2.35. The fraction of sp³-hybridized carbons (Fsp3) is 0.0714. The van der Waals surface area contributed by atoms with Crippen LogP contribution in [0, 0.1) is 0 Å². The number of nitrogens with zero attached hydrogens (tertiary/aromatic N) is 3. The van der Waals surface area contributed by atoms with E-state index in [0.717, 1.165) is 61.1 Å². The van der Waals surface area contributed by atoms with Crippen LogP contribution in [0.3, 0.4) is 0 Å². The van der Waals surface area contributed by atoms with Gasteiger partial charge in [-0.25, -0.2) is 9.97 Å². The van der Waals surface area contributed by atoms with Gasteiger partial charge in [-0.05, 0) is 70.3 Å². The molecule has 9 rings (SSSR count). The number of fused-ring (bicyclic) bond motifs is 6. The number of hydrogen-bond donors (Lipinski definition) is 0. The summed E-state index contributed by atoms with van der Waals surface area (Å²) in [5.41, 5.74) is 13.8. The maximum absolute atomic E-state index is 6.14. The van der Waals surface area contributed by atoms with Crippen LogP contribution in [0.25, 0.3) is 78.1 Å². The van der Waals surface area contributed by atoms with Crippen molar-refractivity contribution in [1.82, 2.24) is 15.0 Å². The van der Waals surface area contributed by atoms with E-state index in [9.17, 15) is 0 Å². The van der Waals surface area contributed by atoms with E-state index in [2.05, 4.69) is 110 Å². The molecule has 1 aliphatic carbocycles. The van der Waals surface area contributed by atoms with Crippen molar-refractivity contribution in [2.24, 2.45) is 0 Å². The number of benzene rings is 5. The SMILES string of the molecule is CC1(C)c2ccccc2-c2ccc(-c3cc(-c4ccc5oc6ccccc6c5c4)nc(-c4ccccc4-c4cccnc4)n3)cc21. The zero-order chi connectivity index (χ0) is 30.8. The average Bonchev–Trinajstić information content (AvgIpc) is 3.60. The van der Waals surface area contributed by atoms with Crippen molar-refractivity contribution >= 4 is 21.9 Å². The Labute approximate surface area is 267 Å². The molecular formula is C42H29N3O. The third kappa shape index (κ3) is 4.11. The van der Waals surface area contributed by atoms with Crippen LogP contribution in [0.4, 0.5) is 0 Å². The lowest BCUT2D eigenvalue weighted by Crippen LogP contribution is -2.14. The van der Waals surface area contributed by atoms with E-state index in [0.29, 0.717) is 5.82 Å². The maximum atomic E-state index is 6.14. The van der Waals surface area contributed by atoms with Gasteiger partial charge in [0.25, 0.3) is 0 Å². The first-order valence-electron chi connectivity index (χ1n) is 15.6. The molecule has 0 saturated heterocycles. The summed E-state index contributed by atoms with van der Waals surface area (Å²) in [6, 6.07) is 44.5. The Morgan fingerprint density at radius 1 is 0.500 bits per heavy atom. The van der Waals surface area contributed by atoms with Crippen LogP contribution in [0.2, 0.25) is 0 Å². The van der Waals surface area contributed by atoms with Crippen molar-refractivity contribution in [2.45, 2.75) is 19.3 Å². The molecule has 0 spiro atoms. The summed E-state index contributed by atoms with van der Waals surface area (Å²) in [6.45, 7) is 4.62. The zero-order valence-electron chi connectivity index (χ0n) is 25.5. The molecule has 4 nitrogen and oxygen atoms in total. The monoisotopic (exact) mass is 591 g/mol. The number of rotatable bonds is 4. The summed E-state index contributed by atoms with van der Waals surface area (Å²) < 4.78 is 6.14. The molecule has 0 saturated carbocycles. The molecule has 0 amide bonds. The second kappa shape index (κ2) is 10.1. The molecule has 46 heavy (non-hydrogen) atoms. The molecule has 4 heteroatoms. The van der Waals surface area contributed by atoms with E-state index in [1.807, 2.05) is 42.6 Å². The Bertz CT molecular complexity index is 2460. The van der Waals surface area contributed by atoms with Crippen LogP contribution in [0.1, 0.15) is 25.0 Å². The molecule has 218 valence electrons. The van der Waals surface area contributed by atoms with Gasteiger partial charge in [-0.2, -0.15) is 0 Å². The van der Waals surface area contributed by atoms with E-state index in [1.165, 1.54) is 22.3 Å². The minimum atomic E-state index is -0.110. The van der Waals surface area contributed by atoms with E-state index < -0.39 is 0 Å². The normalized spacial score (nSPS) is 13.2. The van der Waals surface area contributed by atoms with Gasteiger partial charge < -0.3 is 4.42 Å². The van der Waals surface area contributed by atoms with Crippen LogP contribution in [-0.4, -0.2) is 15.0 Å². The molecule has 0 aliphatic heterocycles. The fourth-order valence-corrected chi connectivity index (χ4v) is 7.06. The molecule has 1 aliphatic rings. The van der Waals surface area contributed by atoms with E-state index >= 15 is 0 Å². The topological polar surface area (TPSA) is 51.8 Å². The van der Waals surface area contributed by atoms with Gasteiger partial charge in [0.1, 0.15) is 11.2 Å².